The summed E-state index contributed by atoms with van der Waals surface area (Å²) >= 11 is 0. The SMILES string of the molecule is CC(C)(C)OC(=O)N1CCN(C(=O)c2cc(-c3ccncc3)n[nH]2)CC1. The van der Waals surface area contributed by atoms with Gasteiger partial charge in [-0.15, -0.1) is 0 Å². The van der Waals surface area contributed by atoms with E-state index >= 15 is 0 Å². The van der Waals surface area contributed by atoms with E-state index in [1.807, 2.05) is 32.9 Å². The molecule has 2 amide bonds. The van der Waals surface area contributed by atoms with E-state index in [0.717, 1.165) is 5.56 Å². The summed E-state index contributed by atoms with van der Waals surface area (Å²) in [6.07, 6.45) is 3.02. The van der Waals surface area contributed by atoms with Crippen molar-refractivity contribution in [2.24, 2.45) is 0 Å². The zero-order valence-electron chi connectivity index (χ0n) is 15.2. The number of carbonyl (C=O) groups excluding carboxylic acids is 2. The third-order valence-corrected chi connectivity index (χ3v) is 4.00. The largest absolute Gasteiger partial charge is 0.444 e. The zero-order chi connectivity index (χ0) is 18.7. The number of piperazine rings is 1. The van der Waals surface area contributed by atoms with Crippen LogP contribution < -0.4 is 0 Å². The Bertz CT molecular complexity index is 774. The molecule has 2 aromatic rings. The van der Waals surface area contributed by atoms with Crippen molar-refractivity contribution in [3.05, 3.63) is 36.3 Å². The van der Waals surface area contributed by atoms with Gasteiger partial charge < -0.3 is 14.5 Å². The van der Waals surface area contributed by atoms with Gasteiger partial charge in [0.15, 0.2) is 0 Å². The van der Waals surface area contributed by atoms with Crippen LogP contribution in [-0.4, -0.2) is 68.8 Å². The van der Waals surface area contributed by atoms with Gasteiger partial charge in [0.1, 0.15) is 11.3 Å². The summed E-state index contributed by atoms with van der Waals surface area (Å²) in [5, 5.41) is 7.00. The number of carbonyl (C=O) groups is 2. The van der Waals surface area contributed by atoms with E-state index in [-0.39, 0.29) is 12.0 Å². The number of ether oxygens (including phenoxy) is 1. The van der Waals surface area contributed by atoms with Crippen LogP contribution >= 0.6 is 0 Å². The normalized spacial score (nSPS) is 15.0. The standard InChI is InChI=1S/C18H23N5O3/c1-18(2,3)26-17(25)23-10-8-22(9-11-23)16(24)15-12-14(20-21-15)13-4-6-19-7-5-13/h4-7,12H,8-11H2,1-3H3,(H,20,21). The highest BCUT2D eigenvalue weighted by atomic mass is 16.6. The van der Waals surface area contributed by atoms with Crippen molar-refractivity contribution in [3.63, 3.8) is 0 Å². The lowest BCUT2D eigenvalue weighted by Gasteiger charge is -2.35. The number of pyridine rings is 1. The molecule has 1 aliphatic rings. The molecule has 0 saturated carbocycles. The number of hydrogen-bond acceptors (Lipinski definition) is 5. The molecule has 3 rings (SSSR count). The van der Waals surface area contributed by atoms with E-state index in [4.69, 9.17) is 4.74 Å². The first kappa shape index (κ1) is 17.9. The van der Waals surface area contributed by atoms with Crippen molar-refractivity contribution in [1.29, 1.82) is 0 Å². The predicted molar refractivity (Wildman–Crippen MR) is 95.5 cm³/mol. The molecule has 0 radical (unpaired) electrons. The minimum Gasteiger partial charge on any atom is -0.444 e. The Labute approximate surface area is 152 Å². The minimum absolute atomic E-state index is 0.123. The molecule has 0 atom stereocenters. The second-order valence-corrected chi connectivity index (χ2v) is 7.16. The maximum absolute atomic E-state index is 12.7. The van der Waals surface area contributed by atoms with E-state index in [0.29, 0.717) is 37.6 Å². The molecule has 3 heterocycles. The van der Waals surface area contributed by atoms with E-state index in [1.54, 1.807) is 28.3 Å². The fourth-order valence-corrected chi connectivity index (χ4v) is 2.69. The lowest BCUT2D eigenvalue weighted by Crippen LogP contribution is -2.51. The summed E-state index contributed by atoms with van der Waals surface area (Å²) in [5.74, 6) is -0.123. The molecule has 1 fully saturated rings. The maximum atomic E-state index is 12.7. The molecule has 8 heteroatoms. The molecule has 0 aliphatic carbocycles. The summed E-state index contributed by atoms with van der Waals surface area (Å²) in [4.78, 5) is 32.1. The van der Waals surface area contributed by atoms with Gasteiger partial charge in [-0.1, -0.05) is 0 Å². The van der Waals surface area contributed by atoms with Gasteiger partial charge in [0, 0.05) is 44.1 Å². The van der Waals surface area contributed by atoms with Gasteiger partial charge in [-0.05, 0) is 39.0 Å². The highest BCUT2D eigenvalue weighted by Crippen LogP contribution is 2.18. The Hall–Kier alpha value is -2.90. The van der Waals surface area contributed by atoms with Crippen LogP contribution in [0.4, 0.5) is 4.79 Å². The molecule has 1 N–H and O–H groups in total. The molecular weight excluding hydrogens is 334 g/mol. The van der Waals surface area contributed by atoms with Crippen molar-refractivity contribution in [2.75, 3.05) is 26.2 Å². The molecular formula is C18H23N5O3. The number of H-pyrrole nitrogens is 1. The van der Waals surface area contributed by atoms with Crippen LogP contribution in [0.1, 0.15) is 31.3 Å². The number of hydrogen-bond donors (Lipinski definition) is 1. The lowest BCUT2D eigenvalue weighted by atomic mass is 10.2. The molecule has 0 spiro atoms. The first-order valence-electron chi connectivity index (χ1n) is 8.56. The Kier molecular flexibility index (Phi) is 4.92. The molecule has 0 unspecified atom stereocenters. The van der Waals surface area contributed by atoms with Crippen LogP contribution in [0.2, 0.25) is 0 Å². The summed E-state index contributed by atoms with van der Waals surface area (Å²) in [6.45, 7) is 7.33. The Balaban J connectivity index is 1.59. The van der Waals surface area contributed by atoms with Crippen LogP contribution in [0.3, 0.4) is 0 Å². The average Bonchev–Trinajstić information content (AvgIpc) is 3.11. The van der Waals surface area contributed by atoms with E-state index in [1.165, 1.54) is 0 Å². The Morgan fingerprint density at radius 1 is 1.08 bits per heavy atom. The number of nitrogens with one attached hydrogen (secondary N) is 1. The fourth-order valence-electron chi connectivity index (χ4n) is 2.69. The summed E-state index contributed by atoms with van der Waals surface area (Å²) in [5.41, 5.74) is 1.50. The highest BCUT2D eigenvalue weighted by molar-refractivity contribution is 5.93. The van der Waals surface area contributed by atoms with Crippen LogP contribution in [-0.2, 0) is 4.74 Å². The Morgan fingerprint density at radius 3 is 2.31 bits per heavy atom. The molecule has 138 valence electrons. The molecule has 26 heavy (non-hydrogen) atoms. The number of nitrogens with zero attached hydrogens (tertiary/aromatic N) is 4. The summed E-state index contributed by atoms with van der Waals surface area (Å²) in [7, 11) is 0. The summed E-state index contributed by atoms with van der Waals surface area (Å²) in [6, 6.07) is 5.41. The van der Waals surface area contributed by atoms with E-state index in [2.05, 4.69) is 15.2 Å². The number of rotatable bonds is 2. The topological polar surface area (TPSA) is 91.4 Å². The van der Waals surface area contributed by atoms with Crippen LogP contribution in [0.25, 0.3) is 11.3 Å². The van der Waals surface area contributed by atoms with E-state index < -0.39 is 5.60 Å². The van der Waals surface area contributed by atoms with Gasteiger partial charge in [0.2, 0.25) is 0 Å². The third kappa shape index (κ3) is 4.19. The number of aromatic amines is 1. The number of amides is 2. The zero-order valence-corrected chi connectivity index (χ0v) is 15.2. The molecule has 0 aromatic carbocycles. The highest BCUT2D eigenvalue weighted by Gasteiger charge is 2.28. The minimum atomic E-state index is -0.524. The van der Waals surface area contributed by atoms with Gasteiger partial charge in [-0.3, -0.25) is 14.9 Å². The quantitative estimate of drug-likeness (QED) is 0.889. The number of aromatic nitrogens is 3. The molecule has 1 aliphatic heterocycles. The summed E-state index contributed by atoms with van der Waals surface area (Å²) < 4.78 is 5.37. The van der Waals surface area contributed by atoms with Crippen LogP contribution in [0, 0.1) is 0 Å². The van der Waals surface area contributed by atoms with Crippen LogP contribution in [0.5, 0.6) is 0 Å². The van der Waals surface area contributed by atoms with Crippen LogP contribution in [0.15, 0.2) is 30.6 Å². The smallest absolute Gasteiger partial charge is 0.410 e. The van der Waals surface area contributed by atoms with E-state index in [9.17, 15) is 9.59 Å². The van der Waals surface area contributed by atoms with Crippen molar-refractivity contribution < 1.29 is 14.3 Å². The Morgan fingerprint density at radius 2 is 1.69 bits per heavy atom. The first-order chi connectivity index (χ1) is 12.3. The lowest BCUT2D eigenvalue weighted by molar-refractivity contribution is 0.0140. The van der Waals surface area contributed by atoms with Gasteiger partial charge in [0.25, 0.3) is 5.91 Å². The second-order valence-electron chi connectivity index (χ2n) is 7.16. The van der Waals surface area contributed by atoms with Gasteiger partial charge in [0.05, 0.1) is 5.69 Å². The molecule has 8 nitrogen and oxygen atoms in total. The molecule has 2 aromatic heterocycles. The van der Waals surface area contributed by atoms with Crippen molar-refractivity contribution in [2.45, 2.75) is 26.4 Å². The third-order valence-electron chi connectivity index (χ3n) is 4.00. The molecule has 0 bridgehead atoms. The first-order valence-corrected chi connectivity index (χ1v) is 8.56. The van der Waals surface area contributed by atoms with Crippen molar-refractivity contribution in [3.8, 4) is 11.3 Å². The predicted octanol–water partition coefficient (Wildman–Crippen LogP) is 2.16. The van der Waals surface area contributed by atoms with Crippen molar-refractivity contribution >= 4 is 12.0 Å². The molecule has 1 saturated heterocycles. The average molecular weight is 357 g/mol. The second kappa shape index (κ2) is 7.15. The monoisotopic (exact) mass is 357 g/mol. The van der Waals surface area contributed by atoms with Gasteiger partial charge in [-0.2, -0.15) is 5.10 Å². The fraction of sp³-hybridized carbons (Fsp3) is 0.444. The van der Waals surface area contributed by atoms with Gasteiger partial charge in [-0.25, -0.2) is 4.79 Å². The maximum Gasteiger partial charge on any atom is 0.410 e. The van der Waals surface area contributed by atoms with Gasteiger partial charge >= 0.3 is 6.09 Å². The van der Waals surface area contributed by atoms with Crippen molar-refractivity contribution in [1.82, 2.24) is 25.0 Å².